The predicted octanol–water partition coefficient (Wildman–Crippen LogP) is -0.797. The normalized spacial score (nSPS) is 34.9. The lowest BCUT2D eigenvalue weighted by Crippen LogP contribution is -2.68. The van der Waals surface area contributed by atoms with Crippen molar-refractivity contribution in [1.82, 2.24) is 5.32 Å². The zero-order chi connectivity index (χ0) is 13.9. The number of hydrogen-bond acceptors (Lipinski definition) is 5. The van der Waals surface area contributed by atoms with E-state index in [1.165, 1.54) is 7.11 Å². The average molecular weight is 259 g/mol. The summed E-state index contributed by atoms with van der Waals surface area (Å²) in [4.78, 5) is 11.4. The molecule has 18 heavy (non-hydrogen) atoms. The van der Waals surface area contributed by atoms with Gasteiger partial charge < -0.3 is 25.0 Å². The van der Waals surface area contributed by atoms with Crippen molar-refractivity contribution in [2.75, 3.05) is 13.7 Å². The summed E-state index contributed by atoms with van der Waals surface area (Å²) in [5.74, 6) is -0.395. The van der Waals surface area contributed by atoms with E-state index in [0.29, 0.717) is 0 Å². The minimum atomic E-state index is -0.972. The van der Waals surface area contributed by atoms with Crippen LogP contribution in [0.15, 0.2) is 12.7 Å². The van der Waals surface area contributed by atoms with Crippen LogP contribution in [0.4, 0.5) is 0 Å². The van der Waals surface area contributed by atoms with Crippen molar-refractivity contribution in [3.05, 3.63) is 12.7 Å². The second-order valence-electron chi connectivity index (χ2n) is 4.82. The van der Waals surface area contributed by atoms with Crippen molar-refractivity contribution in [3.8, 4) is 0 Å². The summed E-state index contributed by atoms with van der Waals surface area (Å²) in [6, 6.07) is -0.643. The van der Waals surface area contributed by atoms with E-state index >= 15 is 0 Å². The molecule has 0 aromatic carbocycles. The smallest absolute Gasteiger partial charge is 0.243 e. The van der Waals surface area contributed by atoms with E-state index in [-0.39, 0.29) is 6.61 Å². The highest BCUT2D eigenvalue weighted by atomic mass is 16.6. The molecule has 104 valence electrons. The number of carbonyl (C=O) groups is 1. The Bertz CT molecular complexity index is 318. The standard InChI is InChI=1S/C12H21NO5/c1-5-8(15)13-11-9(16)10(17-4)7(6-14)18-12(11,2)3/h5,7,9-11,14,16H,1,6H2,2-4H3,(H,13,15)/t7?,9-,10?,11-/m0/s1. The van der Waals surface area contributed by atoms with Gasteiger partial charge in [-0.05, 0) is 19.9 Å². The van der Waals surface area contributed by atoms with Crippen LogP contribution in [0.1, 0.15) is 13.8 Å². The van der Waals surface area contributed by atoms with Crippen LogP contribution in [0.3, 0.4) is 0 Å². The Balaban J connectivity index is 2.93. The number of methoxy groups -OCH3 is 1. The first-order chi connectivity index (χ1) is 8.37. The fraction of sp³-hybridized carbons (Fsp3) is 0.750. The molecule has 1 rings (SSSR count). The maximum atomic E-state index is 11.4. The van der Waals surface area contributed by atoms with E-state index in [2.05, 4.69) is 11.9 Å². The lowest BCUT2D eigenvalue weighted by molar-refractivity contribution is -0.233. The van der Waals surface area contributed by atoms with E-state index in [0.717, 1.165) is 6.08 Å². The number of amides is 1. The molecule has 6 heteroatoms. The number of hydrogen-bond donors (Lipinski definition) is 3. The van der Waals surface area contributed by atoms with E-state index in [1.54, 1.807) is 13.8 Å². The summed E-state index contributed by atoms with van der Waals surface area (Å²) in [7, 11) is 1.42. The van der Waals surface area contributed by atoms with Crippen LogP contribution < -0.4 is 5.32 Å². The number of aliphatic hydroxyl groups is 2. The zero-order valence-electron chi connectivity index (χ0n) is 10.9. The van der Waals surface area contributed by atoms with Gasteiger partial charge in [0.25, 0.3) is 0 Å². The molecule has 1 aliphatic heterocycles. The molecule has 1 heterocycles. The molecular weight excluding hydrogens is 238 g/mol. The molecule has 4 atom stereocenters. The summed E-state index contributed by atoms with van der Waals surface area (Å²) in [6.07, 6.45) is -1.17. The van der Waals surface area contributed by atoms with E-state index in [1.807, 2.05) is 0 Å². The first-order valence-corrected chi connectivity index (χ1v) is 5.79. The Morgan fingerprint density at radius 1 is 1.61 bits per heavy atom. The van der Waals surface area contributed by atoms with Gasteiger partial charge in [-0.3, -0.25) is 4.79 Å². The minimum Gasteiger partial charge on any atom is -0.394 e. The SMILES string of the molecule is C=CC(=O)N[C@H]1[C@@H](O)C(OC)C(CO)OC1(C)C. The van der Waals surface area contributed by atoms with Crippen molar-refractivity contribution in [3.63, 3.8) is 0 Å². The first-order valence-electron chi connectivity index (χ1n) is 5.79. The quantitative estimate of drug-likeness (QED) is 0.575. The first kappa shape index (κ1) is 15.1. The van der Waals surface area contributed by atoms with Crippen LogP contribution in [0.5, 0.6) is 0 Å². The molecular formula is C12H21NO5. The van der Waals surface area contributed by atoms with Crippen LogP contribution in [0.25, 0.3) is 0 Å². The number of ether oxygens (including phenoxy) is 2. The van der Waals surface area contributed by atoms with Gasteiger partial charge in [-0.2, -0.15) is 0 Å². The molecule has 1 aliphatic rings. The van der Waals surface area contributed by atoms with E-state index in [4.69, 9.17) is 9.47 Å². The maximum Gasteiger partial charge on any atom is 0.243 e. The van der Waals surface area contributed by atoms with Gasteiger partial charge >= 0.3 is 0 Å². The van der Waals surface area contributed by atoms with Crippen molar-refractivity contribution in [2.24, 2.45) is 0 Å². The topological polar surface area (TPSA) is 88.0 Å². The fourth-order valence-corrected chi connectivity index (χ4v) is 2.26. The summed E-state index contributed by atoms with van der Waals surface area (Å²) >= 11 is 0. The van der Waals surface area contributed by atoms with Crippen molar-refractivity contribution < 1.29 is 24.5 Å². The average Bonchev–Trinajstić information content (AvgIpc) is 2.33. The third-order valence-electron chi connectivity index (χ3n) is 3.18. The molecule has 1 amide bonds. The Kier molecular flexibility index (Phi) is 4.86. The molecule has 1 fully saturated rings. The molecule has 0 bridgehead atoms. The van der Waals surface area contributed by atoms with Gasteiger partial charge in [0, 0.05) is 7.11 Å². The Morgan fingerprint density at radius 2 is 2.22 bits per heavy atom. The maximum absolute atomic E-state index is 11.4. The van der Waals surface area contributed by atoms with E-state index < -0.39 is 35.9 Å². The molecule has 3 N–H and O–H groups in total. The third kappa shape index (κ3) is 2.89. The van der Waals surface area contributed by atoms with Gasteiger partial charge in [-0.25, -0.2) is 0 Å². The predicted molar refractivity (Wildman–Crippen MR) is 65.0 cm³/mol. The van der Waals surface area contributed by atoms with Gasteiger partial charge in [-0.15, -0.1) is 0 Å². The van der Waals surface area contributed by atoms with Crippen LogP contribution in [-0.2, 0) is 14.3 Å². The fourth-order valence-electron chi connectivity index (χ4n) is 2.26. The number of rotatable bonds is 4. The van der Waals surface area contributed by atoms with Gasteiger partial charge in [0.15, 0.2) is 0 Å². The van der Waals surface area contributed by atoms with Crippen molar-refractivity contribution in [2.45, 2.75) is 43.8 Å². The van der Waals surface area contributed by atoms with Crippen LogP contribution >= 0.6 is 0 Å². The molecule has 0 aromatic heterocycles. The Hall–Kier alpha value is -0.950. The van der Waals surface area contributed by atoms with Crippen molar-refractivity contribution in [1.29, 1.82) is 0 Å². The molecule has 1 saturated heterocycles. The Morgan fingerprint density at radius 3 is 2.67 bits per heavy atom. The van der Waals surface area contributed by atoms with Crippen LogP contribution in [-0.4, -0.2) is 59.8 Å². The second kappa shape index (κ2) is 5.79. The van der Waals surface area contributed by atoms with Gasteiger partial charge in [-0.1, -0.05) is 6.58 Å². The Labute approximate surface area is 107 Å². The second-order valence-corrected chi connectivity index (χ2v) is 4.82. The van der Waals surface area contributed by atoms with Gasteiger partial charge in [0.2, 0.25) is 5.91 Å². The van der Waals surface area contributed by atoms with Crippen LogP contribution in [0, 0.1) is 0 Å². The molecule has 0 aromatic rings. The molecule has 0 radical (unpaired) electrons. The number of nitrogens with one attached hydrogen (secondary N) is 1. The summed E-state index contributed by atoms with van der Waals surface area (Å²) in [5.41, 5.74) is -0.819. The highest BCUT2D eigenvalue weighted by Crippen LogP contribution is 2.30. The molecule has 0 saturated carbocycles. The third-order valence-corrected chi connectivity index (χ3v) is 3.18. The van der Waals surface area contributed by atoms with Crippen molar-refractivity contribution >= 4 is 5.91 Å². The molecule has 6 nitrogen and oxygen atoms in total. The van der Waals surface area contributed by atoms with Crippen LogP contribution in [0.2, 0.25) is 0 Å². The zero-order valence-corrected chi connectivity index (χ0v) is 10.9. The summed E-state index contributed by atoms with van der Waals surface area (Å²) in [5, 5.41) is 22.1. The van der Waals surface area contributed by atoms with Gasteiger partial charge in [0.05, 0.1) is 18.2 Å². The van der Waals surface area contributed by atoms with Gasteiger partial charge in [0.1, 0.15) is 18.3 Å². The summed E-state index contributed by atoms with van der Waals surface area (Å²) < 4.78 is 10.8. The molecule has 0 spiro atoms. The minimum absolute atomic E-state index is 0.263. The lowest BCUT2D eigenvalue weighted by Gasteiger charge is -2.48. The molecule has 0 aliphatic carbocycles. The van der Waals surface area contributed by atoms with E-state index in [9.17, 15) is 15.0 Å². The number of aliphatic hydroxyl groups excluding tert-OH is 2. The molecule has 2 unspecified atom stereocenters. The monoisotopic (exact) mass is 259 g/mol. The summed E-state index contributed by atoms with van der Waals surface area (Å²) in [6.45, 7) is 6.57. The largest absolute Gasteiger partial charge is 0.394 e. The lowest BCUT2D eigenvalue weighted by atomic mass is 9.85. The highest BCUT2D eigenvalue weighted by Gasteiger charge is 2.49. The highest BCUT2D eigenvalue weighted by molar-refractivity contribution is 5.87. The number of carbonyl (C=O) groups excluding carboxylic acids is 1.